The van der Waals surface area contributed by atoms with Crippen molar-refractivity contribution in [3.63, 3.8) is 0 Å². The number of hydrogen-bond donors (Lipinski definition) is 2. The molecule has 6 nitrogen and oxygen atoms in total. The van der Waals surface area contributed by atoms with E-state index in [9.17, 15) is 0 Å². The third kappa shape index (κ3) is 6.79. The van der Waals surface area contributed by atoms with Crippen molar-refractivity contribution in [2.75, 3.05) is 19.6 Å². The van der Waals surface area contributed by atoms with Crippen LogP contribution < -0.4 is 11.6 Å². The second kappa shape index (κ2) is 10.6. The van der Waals surface area contributed by atoms with Crippen LogP contribution in [0.4, 0.5) is 0 Å². The highest BCUT2D eigenvalue weighted by atomic mass is 15.4. The largest absolute Gasteiger partial charge is 0.400 e. The van der Waals surface area contributed by atoms with Gasteiger partial charge in [-0.25, -0.2) is 5.84 Å². The minimum Gasteiger partial charge on any atom is -0.400 e. The Kier molecular flexibility index (Phi) is 7.58. The van der Waals surface area contributed by atoms with E-state index in [0.29, 0.717) is 19.6 Å². The highest BCUT2D eigenvalue weighted by molar-refractivity contribution is 5.60. The molecule has 4 N–H and O–H groups in total. The molecule has 0 spiro atoms. The van der Waals surface area contributed by atoms with Gasteiger partial charge in [0.1, 0.15) is 0 Å². The predicted molar refractivity (Wildman–Crippen MR) is 115 cm³/mol. The van der Waals surface area contributed by atoms with Gasteiger partial charge in [-0.05, 0) is 43.4 Å². The summed E-state index contributed by atoms with van der Waals surface area (Å²) in [7, 11) is 0. The van der Waals surface area contributed by atoms with Crippen molar-refractivity contribution < 1.29 is 0 Å². The number of hydrogen-bond acceptors (Lipinski definition) is 6. The van der Waals surface area contributed by atoms with Crippen molar-refractivity contribution in [1.82, 2.24) is 14.9 Å². The fourth-order valence-electron chi connectivity index (χ4n) is 3.34. The van der Waals surface area contributed by atoms with Gasteiger partial charge >= 0.3 is 0 Å². The van der Waals surface area contributed by atoms with Gasteiger partial charge in [0.15, 0.2) is 0 Å². The summed E-state index contributed by atoms with van der Waals surface area (Å²) in [6.07, 6.45) is 18.6. The molecule has 0 atom stereocenters. The summed E-state index contributed by atoms with van der Waals surface area (Å²) >= 11 is 0. The number of rotatable bonds is 9. The number of pyridine rings is 1. The summed E-state index contributed by atoms with van der Waals surface area (Å²) in [5.41, 5.74) is 10.4. The fraction of sp³-hybridized carbons (Fsp3) is 0.364. The van der Waals surface area contributed by atoms with Crippen LogP contribution in [0.5, 0.6) is 0 Å². The monoisotopic (exact) mass is 378 g/mol. The van der Waals surface area contributed by atoms with E-state index >= 15 is 0 Å². The molecule has 0 saturated heterocycles. The van der Waals surface area contributed by atoms with Gasteiger partial charge in [-0.3, -0.25) is 14.9 Å². The third-order valence-corrected chi connectivity index (χ3v) is 4.60. The van der Waals surface area contributed by atoms with Crippen LogP contribution >= 0.6 is 0 Å². The molecule has 1 aliphatic heterocycles. The van der Waals surface area contributed by atoms with Gasteiger partial charge in [0.2, 0.25) is 0 Å². The number of nitrogens with two attached hydrogens (primary N) is 2. The smallest absolute Gasteiger partial charge is 0.0583 e. The molecule has 1 aromatic heterocycles. The Balaban J connectivity index is 1.62. The van der Waals surface area contributed by atoms with Gasteiger partial charge in [0, 0.05) is 43.9 Å². The molecule has 6 heteroatoms. The topological polar surface area (TPSA) is 83.8 Å². The summed E-state index contributed by atoms with van der Waals surface area (Å²) in [4.78, 5) is 11.2. The highest BCUT2D eigenvalue weighted by Gasteiger charge is 2.12. The summed E-state index contributed by atoms with van der Waals surface area (Å²) < 4.78 is 0. The van der Waals surface area contributed by atoms with E-state index in [1.807, 2.05) is 36.8 Å². The van der Waals surface area contributed by atoms with Crippen LogP contribution in [-0.2, 0) is 6.54 Å². The minimum absolute atomic E-state index is 0.603. The van der Waals surface area contributed by atoms with E-state index in [1.54, 1.807) is 5.01 Å². The van der Waals surface area contributed by atoms with Gasteiger partial charge in [-0.1, -0.05) is 30.4 Å². The average molecular weight is 379 g/mol. The molecule has 0 radical (unpaired) electrons. The van der Waals surface area contributed by atoms with Crippen molar-refractivity contribution in [3.05, 3.63) is 77.6 Å². The van der Waals surface area contributed by atoms with Crippen LogP contribution in [0, 0.1) is 0 Å². The summed E-state index contributed by atoms with van der Waals surface area (Å²) in [6.45, 7) is 2.71. The Morgan fingerprint density at radius 2 is 1.96 bits per heavy atom. The maximum atomic E-state index is 6.32. The van der Waals surface area contributed by atoms with Crippen molar-refractivity contribution >= 4 is 6.21 Å². The SMILES string of the molecule is N/C(=C\N(N)CC1=CCCC=C1)CN(CC1=CCCC=N1)Cc1ccccn1. The molecule has 28 heavy (non-hydrogen) atoms. The maximum absolute atomic E-state index is 6.32. The van der Waals surface area contributed by atoms with Crippen LogP contribution in [0.2, 0.25) is 0 Å². The number of hydrazine groups is 1. The second-order valence-corrected chi connectivity index (χ2v) is 7.19. The van der Waals surface area contributed by atoms with Gasteiger partial charge in [-0.15, -0.1) is 0 Å². The molecule has 1 aliphatic carbocycles. The van der Waals surface area contributed by atoms with Crippen molar-refractivity contribution in [2.45, 2.75) is 32.2 Å². The summed E-state index contributed by atoms with van der Waals surface area (Å²) in [5.74, 6) is 6.15. The molecule has 0 saturated carbocycles. The molecule has 1 aromatic rings. The van der Waals surface area contributed by atoms with Crippen LogP contribution in [0.25, 0.3) is 0 Å². The maximum Gasteiger partial charge on any atom is 0.0583 e. The van der Waals surface area contributed by atoms with E-state index in [2.05, 4.69) is 39.2 Å². The second-order valence-electron chi connectivity index (χ2n) is 7.19. The highest BCUT2D eigenvalue weighted by Crippen LogP contribution is 2.13. The molecule has 2 heterocycles. The zero-order valence-corrected chi connectivity index (χ0v) is 16.4. The Morgan fingerprint density at radius 1 is 1.07 bits per heavy atom. The number of nitrogens with zero attached hydrogens (tertiary/aromatic N) is 4. The van der Waals surface area contributed by atoms with Crippen molar-refractivity contribution in [2.24, 2.45) is 16.6 Å². The lowest BCUT2D eigenvalue weighted by Crippen LogP contribution is -2.33. The molecular formula is C22H30N6. The molecule has 0 unspecified atom stereocenters. The van der Waals surface area contributed by atoms with E-state index in [4.69, 9.17) is 11.6 Å². The lowest BCUT2D eigenvalue weighted by Gasteiger charge is -2.24. The zero-order valence-electron chi connectivity index (χ0n) is 16.4. The first-order chi connectivity index (χ1) is 13.7. The molecule has 0 fully saturated rings. The Hall–Kier alpha value is -2.70. The van der Waals surface area contributed by atoms with E-state index in [-0.39, 0.29) is 0 Å². The molecule has 2 aliphatic rings. The van der Waals surface area contributed by atoms with Gasteiger partial charge in [0.25, 0.3) is 0 Å². The van der Waals surface area contributed by atoms with E-state index in [0.717, 1.165) is 49.3 Å². The molecule has 0 bridgehead atoms. The Morgan fingerprint density at radius 3 is 2.68 bits per heavy atom. The van der Waals surface area contributed by atoms with Gasteiger partial charge < -0.3 is 10.7 Å². The molecule has 0 amide bonds. The van der Waals surface area contributed by atoms with Crippen molar-refractivity contribution in [3.8, 4) is 0 Å². The first kappa shape index (κ1) is 20.0. The summed E-state index contributed by atoms with van der Waals surface area (Å²) in [6, 6.07) is 5.96. The fourth-order valence-corrected chi connectivity index (χ4v) is 3.34. The van der Waals surface area contributed by atoms with Crippen LogP contribution in [0.3, 0.4) is 0 Å². The Labute approximate surface area is 167 Å². The molecule has 0 aromatic carbocycles. The number of allylic oxidation sites excluding steroid dienone is 3. The lowest BCUT2D eigenvalue weighted by molar-refractivity contribution is 0.302. The van der Waals surface area contributed by atoms with Crippen LogP contribution in [0.1, 0.15) is 31.4 Å². The first-order valence-corrected chi connectivity index (χ1v) is 9.86. The van der Waals surface area contributed by atoms with E-state index < -0.39 is 0 Å². The normalized spacial score (nSPS) is 16.9. The number of aliphatic imine (C=N–C) groups is 1. The average Bonchev–Trinajstić information content (AvgIpc) is 2.70. The minimum atomic E-state index is 0.603. The Bertz CT molecular complexity index is 775. The standard InChI is InChI=1S/C22H30N6/c23-20(16-28(24)14-19-8-2-1-3-9-19)15-27(17-21-10-4-6-12-25-21)18-22-11-5-7-13-26-22/h2,4,6,8-13,16H,1,3,5,7,14-15,17-18,23-24H2/b20-16-. The molecule has 148 valence electrons. The first-order valence-electron chi connectivity index (χ1n) is 9.86. The number of aromatic nitrogens is 1. The van der Waals surface area contributed by atoms with Crippen molar-refractivity contribution in [1.29, 1.82) is 0 Å². The summed E-state index contributed by atoms with van der Waals surface area (Å²) in [5, 5.41) is 1.66. The molecular weight excluding hydrogens is 348 g/mol. The third-order valence-electron chi connectivity index (χ3n) is 4.60. The predicted octanol–water partition coefficient (Wildman–Crippen LogP) is 2.88. The van der Waals surface area contributed by atoms with Gasteiger partial charge in [-0.2, -0.15) is 0 Å². The zero-order chi connectivity index (χ0) is 19.6. The lowest BCUT2D eigenvalue weighted by atomic mass is 10.1. The quantitative estimate of drug-likeness (QED) is 0.510. The molecule has 3 rings (SSSR count). The van der Waals surface area contributed by atoms with E-state index in [1.165, 1.54) is 5.57 Å². The van der Waals surface area contributed by atoms with Crippen LogP contribution in [-0.4, -0.2) is 40.7 Å². The van der Waals surface area contributed by atoms with Crippen LogP contribution in [0.15, 0.2) is 76.9 Å². The van der Waals surface area contributed by atoms with Gasteiger partial charge in [0.05, 0.1) is 17.9 Å².